The van der Waals surface area contributed by atoms with Crippen molar-refractivity contribution in [1.29, 1.82) is 0 Å². The molecule has 0 rings (SSSR count). The zero-order valence-electron chi connectivity index (χ0n) is 36.4. The third-order valence-corrected chi connectivity index (χ3v) is 11.4. The van der Waals surface area contributed by atoms with Gasteiger partial charge in [0, 0.05) is 93.7 Å². The van der Waals surface area contributed by atoms with Crippen LogP contribution in [0.2, 0.25) is 0 Å². The van der Waals surface area contributed by atoms with Crippen molar-refractivity contribution in [2.45, 2.75) is 178 Å². The Balaban J connectivity index is 6.95. The lowest BCUT2D eigenvalue weighted by Gasteiger charge is -2.37. The fraction of sp³-hybridized carbons (Fsp3) is 0.707. The van der Waals surface area contributed by atoms with E-state index in [1.807, 2.05) is 0 Å². The molecule has 0 saturated carbocycles. The van der Waals surface area contributed by atoms with Gasteiger partial charge in [-0.05, 0) is 82.5 Å². The van der Waals surface area contributed by atoms with E-state index in [4.69, 9.17) is 0 Å². The maximum absolute atomic E-state index is 13.7. The number of hydrogen-bond acceptors (Lipinski definition) is 12. The van der Waals surface area contributed by atoms with Gasteiger partial charge in [-0.3, -0.25) is 57.5 Å². The van der Waals surface area contributed by atoms with Crippen molar-refractivity contribution in [1.82, 2.24) is 16.0 Å². The molecule has 65 heavy (non-hydrogen) atoms. The lowest BCUT2D eigenvalue weighted by atomic mass is 9.76. The Labute approximate surface area is 373 Å². The van der Waals surface area contributed by atoms with Crippen molar-refractivity contribution in [3.05, 3.63) is 0 Å². The zero-order chi connectivity index (χ0) is 50.0. The number of aliphatic carboxylic acids is 9. The van der Waals surface area contributed by atoms with Gasteiger partial charge in [-0.25, -0.2) is 0 Å². The fourth-order valence-corrected chi connectivity index (χ4v) is 7.50. The molecule has 0 saturated heterocycles. The highest BCUT2D eigenvalue weighted by atomic mass is 16.4. The van der Waals surface area contributed by atoms with Crippen molar-refractivity contribution < 1.29 is 103 Å². The minimum Gasteiger partial charge on any atom is -0.481 e. The van der Waals surface area contributed by atoms with Crippen molar-refractivity contribution in [2.24, 2.45) is 5.41 Å². The van der Waals surface area contributed by atoms with Crippen LogP contribution in [0.25, 0.3) is 0 Å². The summed E-state index contributed by atoms with van der Waals surface area (Å²) in [6.07, 6.45) is -9.91. The third kappa shape index (κ3) is 27.4. The summed E-state index contributed by atoms with van der Waals surface area (Å²) in [5.41, 5.74) is -5.99. The third-order valence-electron chi connectivity index (χ3n) is 11.4. The average Bonchev–Trinajstić information content (AvgIpc) is 3.20. The molecule has 0 aromatic carbocycles. The van der Waals surface area contributed by atoms with E-state index in [-0.39, 0.29) is 77.0 Å². The Morgan fingerprint density at radius 3 is 0.523 bits per heavy atom. The molecule has 12 N–H and O–H groups in total. The van der Waals surface area contributed by atoms with Gasteiger partial charge in [0.2, 0.25) is 17.7 Å². The van der Waals surface area contributed by atoms with E-state index in [2.05, 4.69) is 16.0 Å². The highest BCUT2D eigenvalue weighted by molar-refractivity contribution is 5.80. The van der Waals surface area contributed by atoms with E-state index in [1.165, 1.54) is 0 Å². The van der Waals surface area contributed by atoms with Gasteiger partial charge in [0.1, 0.15) is 0 Å². The number of hydrogen-bond donors (Lipinski definition) is 12. The zero-order valence-corrected chi connectivity index (χ0v) is 36.4. The van der Waals surface area contributed by atoms with Crippen molar-refractivity contribution in [3.63, 3.8) is 0 Å². The molecule has 0 radical (unpaired) electrons. The first-order valence-electron chi connectivity index (χ1n) is 20.9. The van der Waals surface area contributed by atoms with Gasteiger partial charge < -0.3 is 61.9 Å². The summed E-state index contributed by atoms with van der Waals surface area (Å²) in [5, 5.41) is 92.3. The number of carbonyl (C=O) groups is 12. The maximum Gasteiger partial charge on any atom is 0.303 e. The topological polar surface area (TPSA) is 423 Å². The van der Waals surface area contributed by atoms with Crippen LogP contribution in [0.3, 0.4) is 0 Å². The first kappa shape index (κ1) is 58.6. The van der Waals surface area contributed by atoms with Crippen LogP contribution in [-0.2, 0) is 57.5 Å². The van der Waals surface area contributed by atoms with Crippen LogP contribution in [-0.4, -0.2) is 134 Å². The number of carboxylic acids is 9. The molecule has 0 aliphatic carbocycles. The summed E-state index contributed by atoms with van der Waals surface area (Å²) >= 11 is 0. The second kappa shape index (κ2) is 28.4. The normalized spacial score (nSPS) is 11.8. The Bertz CT molecular complexity index is 1400. The Hall–Kier alpha value is -6.36. The van der Waals surface area contributed by atoms with Gasteiger partial charge in [0.25, 0.3) is 0 Å². The van der Waals surface area contributed by atoms with Crippen LogP contribution < -0.4 is 16.0 Å². The van der Waals surface area contributed by atoms with Crippen LogP contribution in [0.5, 0.6) is 0 Å². The molecule has 0 unspecified atom stereocenters. The minimum atomic E-state index is -1.60. The van der Waals surface area contributed by atoms with Gasteiger partial charge in [-0.2, -0.15) is 0 Å². The summed E-state index contributed by atoms with van der Waals surface area (Å²) < 4.78 is 0. The molecule has 24 nitrogen and oxygen atoms in total. The number of amides is 3. The second-order valence-corrected chi connectivity index (χ2v) is 16.8. The number of carboxylic acid groups (broad SMARTS) is 9. The van der Waals surface area contributed by atoms with Gasteiger partial charge in [-0.1, -0.05) is 6.92 Å². The lowest BCUT2D eigenvalue weighted by molar-refractivity contribution is -0.141. The average molecular weight is 934 g/mol. The molecule has 24 heteroatoms. The molecule has 0 aliphatic rings. The summed E-state index contributed by atoms with van der Waals surface area (Å²) in [5.74, 6) is -14.1. The summed E-state index contributed by atoms with van der Waals surface area (Å²) in [7, 11) is 0. The molecular formula is C41H63N3O21. The summed E-state index contributed by atoms with van der Waals surface area (Å²) in [6, 6.07) is 0. The van der Waals surface area contributed by atoms with Crippen LogP contribution in [0.15, 0.2) is 0 Å². The molecular weight excluding hydrogens is 870 g/mol. The molecule has 0 aromatic rings. The van der Waals surface area contributed by atoms with Gasteiger partial charge in [0.15, 0.2) is 0 Å². The van der Waals surface area contributed by atoms with Crippen molar-refractivity contribution in [2.75, 3.05) is 0 Å². The monoisotopic (exact) mass is 933 g/mol. The lowest BCUT2D eigenvalue weighted by Crippen LogP contribution is -2.50. The smallest absolute Gasteiger partial charge is 0.303 e. The van der Waals surface area contributed by atoms with Gasteiger partial charge in [0.05, 0.1) is 0 Å². The van der Waals surface area contributed by atoms with E-state index in [1.54, 1.807) is 6.92 Å². The van der Waals surface area contributed by atoms with Gasteiger partial charge in [-0.15, -0.1) is 0 Å². The molecule has 0 spiro atoms. The minimum absolute atomic E-state index is 0.156. The van der Waals surface area contributed by atoms with Crippen LogP contribution in [0.1, 0.15) is 161 Å². The van der Waals surface area contributed by atoms with E-state index in [0.29, 0.717) is 0 Å². The fourth-order valence-electron chi connectivity index (χ4n) is 7.50. The Morgan fingerprint density at radius 1 is 0.262 bits per heavy atom. The number of rotatable bonds is 39. The van der Waals surface area contributed by atoms with Crippen LogP contribution in [0, 0.1) is 5.41 Å². The van der Waals surface area contributed by atoms with E-state index in [9.17, 15) is 103 Å². The molecule has 0 fully saturated rings. The first-order valence-corrected chi connectivity index (χ1v) is 20.9. The highest BCUT2D eigenvalue weighted by Gasteiger charge is 2.38. The van der Waals surface area contributed by atoms with Crippen molar-refractivity contribution in [3.8, 4) is 0 Å². The van der Waals surface area contributed by atoms with Crippen LogP contribution in [0.4, 0.5) is 0 Å². The molecule has 0 bridgehead atoms. The van der Waals surface area contributed by atoms with Gasteiger partial charge >= 0.3 is 53.7 Å². The SMILES string of the molecule is CC(CCC(=O)NC(CCC(=O)O)(CCC(=O)O)CCC(=O)O)(CCC(=O)NC(CCC(=O)O)(CCC(=O)O)CCC(=O)O)CCC(=O)NC(CCC(=O)O)(CCC(=O)O)CCC(=O)O. The molecule has 0 aliphatic heterocycles. The Morgan fingerprint density at radius 2 is 0.400 bits per heavy atom. The summed E-state index contributed by atoms with van der Waals surface area (Å²) in [4.78, 5) is 145. The molecule has 0 atom stereocenters. The molecule has 0 heterocycles. The largest absolute Gasteiger partial charge is 0.481 e. The Kier molecular flexibility index (Phi) is 25.7. The second-order valence-electron chi connectivity index (χ2n) is 16.8. The quantitative estimate of drug-likeness (QED) is 0.0421. The van der Waals surface area contributed by atoms with Crippen LogP contribution >= 0.6 is 0 Å². The summed E-state index contributed by atoms with van der Waals surface area (Å²) in [6.45, 7) is 1.56. The van der Waals surface area contributed by atoms with E-state index >= 15 is 0 Å². The maximum atomic E-state index is 13.7. The predicted octanol–water partition coefficient (Wildman–Crippen LogP) is 2.68. The highest BCUT2D eigenvalue weighted by Crippen LogP contribution is 2.37. The number of carbonyl (C=O) groups excluding carboxylic acids is 3. The molecule has 3 amide bonds. The van der Waals surface area contributed by atoms with Crippen molar-refractivity contribution >= 4 is 71.4 Å². The predicted molar refractivity (Wildman–Crippen MR) is 220 cm³/mol. The first-order chi connectivity index (χ1) is 30.1. The molecule has 368 valence electrons. The standard InChI is InChI=1S/C41H63N3O21/c1-38(14-2-26(45)42-39(17-5-29(48)49,18-6-30(50)51)19-7-31(52)53,15-3-27(46)43-40(20-8-32(54)55,21-9-33(56)57)22-10-34(58)59)16-4-28(47)44-41(23-11-35(60)61,24-12-36(62)63)25-13-37(64)65/h2-25H2,1H3,(H,42,45)(H,43,46)(H,44,47)(H,48,49)(H,50,51)(H,52,53)(H,54,55)(H,56,57)(H,58,59)(H,60,61)(H,62,63)(H,64,65). The number of nitrogens with one attached hydrogen (secondary N) is 3. The van der Waals surface area contributed by atoms with E-state index in [0.717, 1.165) is 0 Å². The van der Waals surface area contributed by atoms with E-state index < -0.39 is 171 Å². The molecule has 0 aromatic heterocycles.